The van der Waals surface area contributed by atoms with Gasteiger partial charge in [-0.15, -0.1) is 0 Å². The molecule has 0 fully saturated rings. The Morgan fingerprint density at radius 3 is 2.40 bits per heavy atom. The maximum atomic E-state index is 10.4. The molecule has 0 bridgehead atoms. The van der Waals surface area contributed by atoms with E-state index >= 15 is 0 Å². The lowest BCUT2D eigenvalue weighted by molar-refractivity contribution is -0.146. The molecule has 0 radical (unpaired) electrons. The number of halogens is 1. The number of hydrogen-bond donors (Lipinski definition) is 1. The van der Waals surface area contributed by atoms with Gasteiger partial charge in [-0.1, -0.05) is 0 Å². The molecular weight excluding hydrogens is 154 g/mol. The lowest BCUT2D eigenvalue weighted by Gasteiger charge is -2.17. The topological polar surface area (TPSA) is 38.3 Å². The van der Waals surface area contributed by atoms with Gasteiger partial charge in [0, 0.05) is 6.92 Å². The first-order valence-corrected chi connectivity index (χ1v) is 3.49. The fourth-order valence-electron chi connectivity index (χ4n) is 0.453. The maximum absolute atomic E-state index is 10.4. The van der Waals surface area contributed by atoms with Crippen molar-refractivity contribution in [3.05, 3.63) is 0 Å². The Morgan fingerprint density at radius 2 is 2.10 bits per heavy atom. The summed E-state index contributed by atoms with van der Waals surface area (Å²) in [6, 6.07) is -0.0226. The van der Waals surface area contributed by atoms with Gasteiger partial charge in [0.05, 0.1) is 6.04 Å². The standard InChI is InChI=1S/C6H12ClNO2/c1-4(8-7)5(2)10-6(3)9/h4-5,8H,1-3H3. The van der Waals surface area contributed by atoms with Gasteiger partial charge in [0.2, 0.25) is 0 Å². The molecule has 2 unspecified atom stereocenters. The Kier molecular flexibility index (Phi) is 4.40. The fraction of sp³-hybridized carbons (Fsp3) is 0.833. The highest BCUT2D eigenvalue weighted by Crippen LogP contribution is 1.98. The molecule has 3 nitrogen and oxygen atoms in total. The Balaban J connectivity index is 3.61. The summed E-state index contributed by atoms with van der Waals surface area (Å²) in [7, 11) is 0. The fourth-order valence-corrected chi connectivity index (χ4v) is 0.630. The van der Waals surface area contributed by atoms with Crippen molar-refractivity contribution < 1.29 is 9.53 Å². The average Bonchev–Trinajstić information content (AvgIpc) is 1.85. The zero-order valence-corrected chi connectivity index (χ0v) is 7.11. The molecule has 0 saturated carbocycles. The minimum Gasteiger partial charge on any atom is -0.461 e. The zero-order valence-electron chi connectivity index (χ0n) is 6.35. The summed E-state index contributed by atoms with van der Waals surface area (Å²) in [5.41, 5.74) is 0. The quantitative estimate of drug-likeness (QED) is 0.502. The zero-order chi connectivity index (χ0) is 8.15. The molecule has 0 aliphatic rings. The Morgan fingerprint density at radius 1 is 1.60 bits per heavy atom. The van der Waals surface area contributed by atoms with Crippen molar-refractivity contribution in [1.29, 1.82) is 0 Å². The molecular formula is C6H12ClNO2. The van der Waals surface area contributed by atoms with Crippen LogP contribution in [-0.4, -0.2) is 18.1 Å². The van der Waals surface area contributed by atoms with E-state index in [1.165, 1.54) is 6.92 Å². The van der Waals surface area contributed by atoms with Crippen LogP contribution in [0, 0.1) is 0 Å². The van der Waals surface area contributed by atoms with Crippen LogP contribution in [0.15, 0.2) is 0 Å². The van der Waals surface area contributed by atoms with Crippen LogP contribution in [0.25, 0.3) is 0 Å². The van der Waals surface area contributed by atoms with E-state index in [1.54, 1.807) is 6.92 Å². The number of nitrogens with one attached hydrogen (secondary N) is 1. The minimum absolute atomic E-state index is 0.0226. The third-order valence-electron chi connectivity index (χ3n) is 1.23. The van der Waals surface area contributed by atoms with Gasteiger partial charge in [0.15, 0.2) is 0 Å². The second-order valence-corrected chi connectivity index (χ2v) is 2.43. The first-order chi connectivity index (χ1) is 4.57. The Bertz CT molecular complexity index is 118. The van der Waals surface area contributed by atoms with Crippen LogP contribution in [-0.2, 0) is 9.53 Å². The largest absolute Gasteiger partial charge is 0.461 e. The summed E-state index contributed by atoms with van der Waals surface area (Å²) in [6.07, 6.45) is -0.185. The summed E-state index contributed by atoms with van der Waals surface area (Å²) in [5, 5.41) is 0. The van der Waals surface area contributed by atoms with E-state index in [9.17, 15) is 4.79 Å². The van der Waals surface area contributed by atoms with Crippen LogP contribution in [0.5, 0.6) is 0 Å². The van der Waals surface area contributed by atoms with Gasteiger partial charge in [-0.2, -0.15) is 0 Å². The molecule has 0 spiro atoms. The van der Waals surface area contributed by atoms with Crippen molar-refractivity contribution in [1.82, 2.24) is 4.84 Å². The van der Waals surface area contributed by atoms with Gasteiger partial charge in [0.25, 0.3) is 0 Å². The van der Waals surface area contributed by atoms with E-state index in [4.69, 9.17) is 16.5 Å². The number of carbonyl (C=O) groups is 1. The Hall–Kier alpha value is -0.280. The molecule has 0 heterocycles. The van der Waals surface area contributed by atoms with Gasteiger partial charge in [-0.05, 0) is 25.6 Å². The highest BCUT2D eigenvalue weighted by Gasteiger charge is 2.12. The molecule has 1 N–H and O–H groups in total. The van der Waals surface area contributed by atoms with Crippen molar-refractivity contribution in [3.63, 3.8) is 0 Å². The molecule has 0 amide bonds. The molecule has 60 valence electrons. The minimum atomic E-state index is -0.286. The van der Waals surface area contributed by atoms with Crippen LogP contribution in [0.2, 0.25) is 0 Å². The van der Waals surface area contributed by atoms with E-state index in [0.29, 0.717) is 0 Å². The van der Waals surface area contributed by atoms with Gasteiger partial charge in [-0.3, -0.25) is 4.79 Å². The van der Waals surface area contributed by atoms with Gasteiger partial charge in [0.1, 0.15) is 6.10 Å². The molecule has 0 saturated heterocycles. The van der Waals surface area contributed by atoms with Crippen LogP contribution >= 0.6 is 11.8 Å². The van der Waals surface area contributed by atoms with Crippen LogP contribution < -0.4 is 4.84 Å². The molecule has 10 heavy (non-hydrogen) atoms. The number of rotatable bonds is 3. The van der Waals surface area contributed by atoms with Crippen LogP contribution in [0.4, 0.5) is 0 Å². The monoisotopic (exact) mass is 165 g/mol. The Labute approximate surface area is 65.8 Å². The molecule has 0 aromatic rings. The molecule has 0 aromatic carbocycles. The first kappa shape index (κ1) is 9.72. The number of ether oxygens (including phenoxy) is 1. The van der Waals surface area contributed by atoms with Crippen molar-refractivity contribution in [2.45, 2.75) is 32.9 Å². The van der Waals surface area contributed by atoms with E-state index < -0.39 is 0 Å². The number of esters is 1. The normalized spacial score (nSPS) is 16.0. The molecule has 0 aliphatic carbocycles. The third-order valence-corrected chi connectivity index (χ3v) is 1.57. The summed E-state index contributed by atoms with van der Waals surface area (Å²) >= 11 is 5.29. The summed E-state index contributed by atoms with van der Waals surface area (Å²) in [5.74, 6) is -0.286. The van der Waals surface area contributed by atoms with Crippen molar-refractivity contribution >= 4 is 17.7 Å². The summed E-state index contributed by atoms with van der Waals surface area (Å²) in [6.45, 7) is 4.99. The van der Waals surface area contributed by atoms with Crippen molar-refractivity contribution in [2.75, 3.05) is 0 Å². The highest BCUT2D eigenvalue weighted by molar-refractivity contribution is 6.13. The first-order valence-electron chi connectivity index (χ1n) is 3.11. The molecule has 2 atom stereocenters. The van der Waals surface area contributed by atoms with Crippen LogP contribution in [0.1, 0.15) is 20.8 Å². The average molecular weight is 166 g/mol. The van der Waals surface area contributed by atoms with Crippen molar-refractivity contribution in [3.8, 4) is 0 Å². The molecule has 0 aromatic heterocycles. The third kappa shape index (κ3) is 3.69. The van der Waals surface area contributed by atoms with E-state index in [2.05, 4.69) is 4.84 Å². The lowest BCUT2D eigenvalue weighted by Crippen LogP contribution is -2.32. The van der Waals surface area contributed by atoms with Crippen LogP contribution in [0.3, 0.4) is 0 Å². The predicted octanol–water partition coefficient (Wildman–Crippen LogP) is 1.07. The predicted molar refractivity (Wildman–Crippen MR) is 39.7 cm³/mol. The van der Waals surface area contributed by atoms with Gasteiger partial charge < -0.3 is 4.74 Å². The smallest absolute Gasteiger partial charge is 0.302 e. The van der Waals surface area contributed by atoms with E-state index in [-0.39, 0.29) is 18.1 Å². The van der Waals surface area contributed by atoms with Gasteiger partial charge >= 0.3 is 5.97 Å². The molecule has 0 rings (SSSR count). The second kappa shape index (κ2) is 4.52. The highest BCUT2D eigenvalue weighted by atomic mass is 35.5. The van der Waals surface area contributed by atoms with E-state index in [0.717, 1.165) is 0 Å². The van der Waals surface area contributed by atoms with E-state index in [1.807, 2.05) is 6.92 Å². The summed E-state index contributed by atoms with van der Waals surface area (Å²) < 4.78 is 4.82. The second-order valence-electron chi connectivity index (χ2n) is 2.21. The van der Waals surface area contributed by atoms with Crippen molar-refractivity contribution in [2.24, 2.45) is 0 Å². The number of hydrogen-bond acceptors (Lipinski definition) is 3. The maximum Gasteiger partial charge on any atom is 0.302 e. The molecule has 4 heteroatoms. The number of carbonyl (C=O) groups excluding carboxylic acids is 1. The molecule has 0 aliphatic heterocycles. The SMILES string of the molecule is CC(=O)OC(C)C(C)NCl. The van der Waals surface area contributed by atoms with Gasteiger partial charge in [-0.25, -0.2) is 4.84 Å². The lowest BCUT2D eigenvalue weighted by atomic mass is 10.2. The summed E-state index contributed by atoms with van der Waals surface area (Å²) in [4.78, 5) is 12.8.